The molecule has 0 fully saturated rings. The second-order valence-corrected chi connectivity index (χ2v) is 1.86. The summed E-state index contributed by atoms with van der Waals surface area (Å²) in [5.41, 5.74) is 0.102. The molecule has 0 aliphatic heterocycles. The number of carbonyl (C=O) groups excluding carboxylic acids is 1. The summed E-state index contributed by atoms with van der Waals surface area (Å²) >= 11 is 4.82. The van der Waals surface area contributed by atoms with Crippen molar-refractivity contribution in [2.75, 3.05) is 0 Å². The van der Waals surface area contributed by atoms with Gasteiger partial charge in [-0.2, -0.15) is 0 Å². The monoisotopic (exact) mass is 134 g/mol. The highest BCUT2D eigenvalue weighted by molar-refractivity contribution is 6.61. The van der Waals surface area contributed by atoms with Crippen LogP contribution in [0.25, 0.3) is 0 Å². The van der Waals surface area contributed by atoms with Gasteiger partial charge in [0.2, 0.25) is 0 Å². The van der Waals surface area contributed by atoms with Gasteiger partial charge >= 0.3 is 5.43 Å². The maximum Gasteiger partial charge on any atom is 0.408 e. The van der Waals surface area contributed by atoms with Crippen molar-refractivity contribution >= 4 is 17.0 Å². The Bertz CT molecular complexity index is 114. The van der Waals surface area contributed by atoms with E-state index >= 15 is 0 Å². The standard InChI is InChI=1S/C5H7ClO2/c1-4(2)3-8-5(6)7/h3H,1-2H3. The second-order valence-electron chi connectivity index (χ2n) is 1.55. The molecule has 0 atom stereocenters. The Labute approximate surface area is 53.1 Å². The molecule has 0 unspecified atom stereocenters. The summed E-state index contributed by atoms with van der Waals surface area (Å²) in [7, 11) is 0. The first-order valence-electron chi connectivity index (χ1n) is 2.12. The van der Waals surface area contributed by atoms with Gasteiger partial charge in [-0.05, 0) is 19.4 Å². The summed E-state index contributed by atoms with van der Waals surface area (Å²) in [5, 5.41) is 0. The summed E-state index contributed by atoms with van der Waals surface area (Å²) in [4.78, 5) is 9.85. The molecule has 0 N–H and O–H groups in total. The van der Waals surface area contributed by atoms with E-state index in [1.165, 1.54) is 6.26 Å². The normalized spacial score (nSPS) is 7.88. The number of allylic oxidation sites excluding steroid dienone is 1. The Kier molecular flexibility index (Phi) is 3.28. The van der Waals surface area contributed by atoms with Crippen molar-refractivity contribution in [1.29, 1.82) is 0 Å². The number of carbonyl (C=O) groups is 1. The van der Waals surface area contributed by atoms with Gasteiger partial charge in [0.1, 0.15) is 0 Å². The van der Waals surface area contributed by atoms with E-state index < -0.39 is 5.43 Å². The van der Waals surface area contributed by atoms with Crippen LogP contribution in [0.5, 0.6) is 0 Å². The third-order valence-corrected chi connectivity index (χ3v) is 0.476. The number of halogens is 1. The lowest BCUT2D eigenvalue weighted by atomic mass is 10.4. The lowest BCUT2D eigenvalue weighted by molar-refractivity contribution is 0.211. The van der Waals surface area contributed by atoms with Crippen LogP contribution in [0.4, 0.5) is 4.79 Å². The van der Waals surface area contributed by atoms with Crippen LogP contribution in [-0.4, -0.2) is 5.43 Å². The van der Waals surface area contributed by atoms with E-state index in [1.54, 1.807) is 13.8 Å². The average molecular weight is 135 g/mol. The van der Waals surface area contributed by atoms with Gasteiger partial charge in [-0.1, -0.05) is 0 Å². The molecule has 46 valence electrons. The minimum absolute atomic E-state index is 0.800. The van der Waals surface area contributed by atoms with Crippen LogP contribution in [0.1, 0.15) is 13.8 Å². The van der Waals surface area contributed by atoms with Crippen LogP contribution in [0.2, 0.25) is 0 Å². The fourth-order valence-electron chi connectivity index (χ4n) is 0.164. The highest BCUT2D eigenvalue weighted by atomic mass is 35.5. The van der Waals surface area contributed by atoms with Crippen LogP contribution in [0.15, 0.2) is 11.8 Å². The number of ether oxygens (including phenoxy) is 1. The van der Waals surface area contributed by atoms with Crippen molar-refractivity contribution in [3.05, 3.63) is 11.8 Å². The third-order valence-electron chi connectivity index (χ3n) is 0.387. The molecular weight excluding hydrogens is 128 g/mol. The van der Waals surface area contributed by atoms with E-state index in [0.717, 1.165) is 5.57 Å². The molecule has 0 aromatic rings. The zero-order chi connectivity index (χ0) is 6.57. The van der Waals surface area contributed by atoms with Gasteiger partial charge in [0.05, 0.1) is 6.26 Å². The van der Waals surface area contributed by atoms with Crippen molar-refractivity contribution in [3.63, 3.8) is 0 Å². The van der Waals surface area contributed by atoms with E-state index in [2.05, 4.69) is 4.74 Å². The van der Waals surface area contributed by atoms with Crippen molar-refractivity contribution in [1.82, 2.24) is 0 Å². The summed E-state index contributed by atoms with van der Waals surface area (Å²) < 4.78 is 4.27. The summed E-state index contributed by atoms with van der Waals surface area (Å²) in [6.45, 7) is 3.61. The van der Waals surface area contributed by atoms with E-state index in [4.69, 9.17) is 11.6 Å². The maximum atomic E-state index is 9.85. The highest BCUT2D eigenvalue weighted by Crippen LogP contribution is 1.92. The molecule has 8 heavy (non-hydrogen) atoms. The first-order chi connectivity index (χ1) is 3.63. The molecule has 0 aliphatic carbocycles. The SMILES string of the molecule is CC(C)=COC(=O)Cl. The van der Waals surface area contributed by atoms with E-state index in [-0.39, 0.29) is 0 Å². The zero-order valence-electron chi connectivity index (χ0n) is 4.77. The van der Waals surface area contributed by atoms with Crippen LogP contribution < -0.4 is 0 Å². The van der Waals surface area contributed by atoms with Crippen molar-refractivity contribution < 1.29 is 9.53 Å². The Hall–Kier alpha value is -0.500. The Morgan fingerprint density at radius 1 is 1.62 bits per heavy atom. The van der Waals surface area contributed by atoms with E-state index in [9.17, 15) is 4.79 Å². The van der Waals surface area contributed by atoms with Crippen LogP contribution >= 0.6 is 11.6 Å². The molecule has 0 radical (unpaired) electrons. The maximum absolute atomic E-state index is 9.85. The fourth-order valence-corrected chi connectivity index (χ4v) is 0.209. The van der Waals surface area contributed by atoms with Crippen LogP contribution in [0.3, 0.4) is 0 Å². The summed E-state index contributed by atoms with van der Waals surface area (Å²) in [6.07, 6.45) is 1.30. The summed E-state index contributed by atoms with van der Waals surface area (Å²) in [6, 6.07) is 0. The number of hydrogen-bond acceptors (Lipinski definition) is 2. The first-order valence-corrected chi connectivity index (χ1v) is 2.50. The van der Waals surface area contributed by atoms with Gasteiger partial charge in [0.25, 0.3) is 0 Å². The fraction of sp³-hybridized carbons (Fsp3) is 0.400. The van der Waals surface area contributed by atoms with Crippen molar-refractivity contribution in [2.24, 2.45) is 0 Å². The smallest absolute Gasteiger partial charge is 0.408 e. The molecule has 0 aliphatic rings. The molecule has 0 spiro atoms. The lowest BCUT2D eigenvalue weighted by Gasteiger charge is -1.88. The number of rotatable bonds is 1. The molecule has 0 saturated heterocycles. The largest absolute Gasteiger partial charge is 0.423 e. The van der Waals surface area contributed by atoms with Gasteiger partial charge in [0.15, 0.2) is 0 Å². The van der Waals surface area contributed by atoms with Gasteiger partial charge < -0.3 is 4.74 Å². The molecule has 0 amide bonds. The zero-order valence-corrected chi connectivity index (χ0v) is 5.53. The van der Waals surface area contributed by atoms with Crippen molar-refractivity contribution in [2.45, 2.75) is 13.8 Å². The molecule has 3 heteroatoms. The van der Waals surface area contributed by atoms with Gasteiger partial charge in [-0.15, -0.1) is 0 Å². The second kappa shape index (κ2) is 3.50. The Balaban J connectivity index is 3.45. The Morgan fingerprint density at radius 3 is 2.25 bits per heavy atom. The summed E-state index contributed by atoms with van der Waals surface area (Å²) in [5.74, 6) is 0. The van der Waals surface area contributed by atoms with Crippen LogP contribution in [0, 0.1) is 0 Å². The lowest BCUT2D eigenvalue weighted by Crippen LogP contribution is -1.82. The highest BCUT2D eigenvalue weighted by Gasteiger charge is 1.87. The molecule has 0 heterocycles. The Morgan fingerprint density at radius 2 is 2.12 bits per heavy atom. The van der Waals surface area contributed by atoms with Gasteiger partial charge in [-0.25, -0.2) is 4.79 Å². The first kappa shape index (κ1) is 7.50. The molecule has 0 aromatic carbocycles. The predicted molar refractivity (Wildman–Crippen MR) is 31.8 cm³/mol. The predicted octanol–water partition coefficient (Wildman–Crippen LogP) is 2.29. The van der Waals surface area contributed by atoms with Crippen LogP contribution in [-0.2, 0) is 4.74 Å². The molecule has 0 saturated carbocycles. The molecule has 2 nitrogen and oxygen atoms in total. The minimum atomic E-state index is -0.800. The van der Waals surface area contributed by atoms with Crippen molar-refractivity contribution in [3.8, 4) is 0 Å². The van der Waals surface area contributed by atoms with Gasteiger partial charge in [0, 0.05) is 11.6 Å². The third kappa shape index (κ3) is 5.50. The molecule has 0 bridgehead atoms. The number of hydrogen-bond donors (Lipinski definition) is 0. The molecular formula is C5H7ClO2. The van der Waals surface area contributed by atoms with Gasteiger partial charge in [-0.3, -0.25) is 0 Å². The average Bonchev–Trinajstić information content (AvgIpc) is 1.61. The minimum Gasteiger partial charge on any atom is -0.423 e. The topological polar surface area (TPSA) is 26.3 Å². The molecule has 0 rings (SSSR count). The van der Waals surface area contributed by atoms with E-state index in [0.29, 0.717) is 0 Å². The molecule has 0 aromatic heterocycles. The quantitative estimate of drug-likeness (QED) is 0.406. The van der Waals surface area contributed by atoms with E-state index in [1.807, 2.05) is 0 Å².